The first-order valence-corrected chi connectivity index (χ1v) is 10.5. The Kier molecular flexibility index (Phi) is 7.58. The van der Waals surface area contributed by atoms with Gasteiger partial charge in [-0.2, -0.15) is 0 Å². The topological polar surface area (TPSA) is 114 Å². The molecule has 0 saturated carbocycles. The molecule has 0 spiro atoms. The van der Waals surface area contributed by atoms with Gasteiger partial charge in [-0.15, -0.1) is 0 Å². The highest BCUT2D eigenvalue weighted by atomic mass is 35.5. The van der Waals surface area contributed by atoms with E-state index in [1.807, 2.05) is 0 Å². The molecule has 1 aromatic carbocycles. The number of nitrogen functional groups attached to an aromatic ring is 1. The van der Waals surface area contributed by atoms with Gasteiger partial charge in [-0.3, -0.25) is 4.79 Å². The second-order valence-corrected chi connectivity index (χ2v) is 8.44. The Balaban J connectivity index is 2.10. The summed E-state index contributed by atoms with van der Waals surface area (Å²) >= 11 is 5.88. The lowest BCUT2D eigenvalue weighted by Crippen LogP contribution is -2.48. The molecule has 146 valence electrons. The summed E-state index contributed by atoms with van der Waals surface area (Å²) in [4.78, 5) is 16.6. The average Bonchev–Trinajstić information content (AvgIpc) is 2.62. The van der Waals surface area contributed by atoms with Crippen molar-refractivity contribution in [2.75, 3.05) is 11.5 Å². The molecule has 1 unspecified atom stereocenters. The molecule has 4 N–H and O–H groups in total. The van der Waals surface area contributed by atoms with E-state index in [-0.39, 0.29) is 18.7 Å². The highest BCUT2D eigenvalue weighted by Gasteiger charge is 2.24. The number of aromatic nitrogens is 1. The molecule has 0 saturated heterocycles. The predicted molar refractivity (Wildman–Crippen MR) is 107 cm³/mol. The fourth-order valence-electron chi connectivity index (χ4n) is 2.44. The van der Waals surface area contributed by atoms with Crippen LogP contribution in [0.2, 0.25) is 5.02 Å². The quantitative estimate of drug-likeness (QED) is 0.583. The smallest absolute Gasteiger partial charge is 0.238 e. The first-order chi connectivity index (χ1) is 12.8. The monoisotopic (exact) mass is 410 g/mol. The van der Waals surface area contributed by atoms with Gasteiger partial charge in [0.1, 0.15) is 11.9 Å². The van der Waals surface area contributed by atoms with Crippen molar-refractivity contribution in [1.82, 2.24) is 15.0 Å². The van der Waals surface area contributed by atoms with E-state index < -0.39 is 22.0 Å². The first kappa shape index (κ1) is 21.1. The number of carbonyl (C=O) groups excluding carboxylic acids is 1. The minimum absolute atomic E-state index is 0.0424. The van der Waals surface area contributed by atoms with Crippen molar-refractivity contribution in [3.8, 4) is 0 Å². The summed E-state index contributed by atoms with van der Waals surface area (Å²) < 4.78 is 26.8. The van der Waals surface area contributed by atoms with Gasteiger partial charge in [0.25, 0.3) is 0 Å². The zero-order valence-corrected chi connectivity index (χ0v) is 16.6. The van der Waals surface area contributed by atoms with Gasteiger partial charge >= 0.3 is 0 Å². The molecular weight excluding hydrogens is 388 g/mol. The van der Waals surface area contributed by atoms with Gasteiger partial charge < -0.3 is 11.1 Å². The lowest BCUT2D eigenvalue weighted by molar-refractivity contribution is -0.122. The number of hydrogen-bond donors (Lipinski definition) is 3. The van der Waals surface area contributed by atoms with Gasteiger partial charge in [0, 0.05) is 17.8 Å². The van der Waals surface area contributed by atoms with Crippen molar-refractivity contribution in [2.24, 2.45) is 0 Å². The number of anilines is 1. The second-order valence-electron chi connectivity index (χ2n) is 6.13. The molecule has 2 aromatic rings. The summed E-state index contributed by atoms with van der Waals surface area (Å²) in [5.41, 5.74) is 7.10. The number of nitrogens with one attached hydrogen (secondary N) is 2. The average molecular weight is 411 g/mol. The normalized spacial score (nSPS) is 12.5. The van der Waals surface area contributed by atoms with Gasteiger partial charge in [0.05, 0.1) is 5.75 Å². The van der Waals surface area contributed by atoms with Crippen LogP contribution in [0.1, 0.15) is 24.5 Å². The van der Waals surface area contributed by atoms with Crippen LogP contribution in [-0.4, -0.2) is 31.1 Å². The molecular formula is C18H23ClN4O3S. The van der Waals surface area contributed by atoms with Gasteiger partial charge in [-0.1, -0.05) is 36.7 Å². The number of halogens is 1. The maximum absolute atomic E-state index is 12.6. The Hall–Kier alpha value is -2.16. The van der Waals surface area contributed by atoms with Gasteiger partial charge in [0.2, 0.25) is 15.9 Å². The van der Waals surface area contributed by atoms with Crippen LogP contribution >= 0.6 is 11.6 Å². The van der Waals surface area contributed by atoms with E-state index in [1.165, 1.54) is 0 Å². The minimum Gasteiger partial charge on any atom is -0.384 e. The minimum atomic E-state index is -3.56. The van der Waals surface area contributed by atoms with E-state index >= 15 is 0 Å². The third-order valence-electron chi connectivity index (χ3n) is 3.78. The molecule has 0 radical (unpaired) electrons. The van der Waals surface area contributed by atoms with Crippen LogP contribution in [-0.2, 0) is 27.8 Å². The van der Waals surface area contributed by atoms with Crippen LogP contribution < -0.4 is 15.8 Å². The van der Waals surface area contributed by atoms with E-state index in [0.29, 0.717) is 17.3 Å². The van der Waals surface area contributed by atoms with Crippen LogP contribution in [0.25, 0.3) is 0 Å². The summed E-state index contributed by atoms with van der Waals surface area (Å²) in [6, 6.07) is 9.39. The number of rotatable bonds is 9. The van der Waals surface area contributed by atoms with Crippen molar-refractivity contribution in [2.45, 2.75) is 32.4 Å². The number of hydrogen-bond acceptors (Lipinski definition) is 5. The fraction of sp³-hybridized carbons (Fsp3) is 0.333. The molecule has 27 heavy (non-hydrogen) atoms. The molecule has 9 heteroatoms. The summed E-state index contributed by atoms with van der Waals surface area (Å²) in [5, 5.41) is 3.31. The molecule has 2 rings (SSSR count). The van der Waals surface area contributed by atoms with E-state index in [1.54, 1.807) is 49.5 Å². The Bertz CT molecular complexity index is 855. The molecule has 0 fully saturated rings. The number of nitrogens with two attached hydrogens (primary N) is 1. The highest BCUT2D eigenvalue weighted by Crippen LogP contribution is 2.12. The lowest BCUT2D eigenvalue weighted by atomic mass is 10.1. The Labute approximate surface area is 164 Å². The van der Waals surface area contributed by atoms with Crippen molar-refractivity contribution in [3.63, 3.8) is 0 Å². The maximum atomic E-state index is 12.6. The zero-order chi connectivity index (χ0) is 19.9. The molecule has 0 aliphatic carbocycles. The largest absolute Gasteiger partial charge is 0.384 e. The Morgan fingerprint density at radius 1 is 1.19 bits per heavy atom. The molecule has 0 aliphatic rings. The molecule has 0 bridgehead atoms. The maximum Gasteiger partial charge on any atom is 0.238 e. The lowest BCUT2D eigenvalue weighted by Gasteiger charge is -2.19. The summed E-state index contributed by atoms with van der Waals surface area (Å²) in [6.45, 7) is 1.99. The molecule has 1 atom stereocenters. The summed E-state index contributed by atoms with van der Waals surface area (Å²) in [7, 11) is -3.56. The van der Waals surface area contributed by atoms with E-state index in [9.17, 15) is 13.2 Å². The third kappa shape index (κ3) is 7.16. The molecule has 1 aromatic heterocycles. The van der Waals surface area contributed by atoms with Crippen LogP contribution in [0, 0.1) is 0 Å². The first-order valence-electron chi connectivity index (χ1n) is 8.51. The standard InChI is InChI=1S/C18H23ClN4O3S/c1-2-9-27(25,26)23-16(10-13-3-6-15(19)7-4-13)18(24)22-12-14-5-8-17(20)21-11-14/h3-8,11,16,23H,2,9-10,12H2,1H3,(H2,20,21)(H,22,24). The summed E-state index contributed by atoms with van der Waals surface area (Å²) in [6.07, 6.45) is 2.23. The number of pyridine rings is 1. The van der Waals surface area contributed by atoms with Crippen LogP contribution in [0.4, 0.5) is 5.82 Å². The van der Waals surface area contributed by atoms with Crippen LogP contribution in [0.3, 0.4) is 0 Å². The van der Waals surface area contributed by atoms with Crippen molar-refractivity contribution in [3.05, 3.63) is 58.7 Å². The Morgan fingerprint density at radius 3 is 2.44 bits per heavy atom. The fourth-order valence-corrected chi connectivity index (χ4v) is 3.85. The number of carbonyl (C=O) groups is 1. The molecule has 0 aliphatic heterocycles. The van der Waals surface area contributed by atoms with Crippen molar-refractivity contribution < 1.29 is 13.2 Å². The van der Waals surface area contributed by atoms with Gasteiger partial charge in [-0.25, -0.2) is 18.1 Å². The second kappa shape index (κ2) is 9.68. The van der Waals surface area contributed by atoms with E-state index in [4.69, 9.17) is 17.3 Å². The number of amides is 1. The van der Waals surface area contributed by atoms with Gasteiger partial charge in [-0.05, 0) is 42.2 Å². The number of nitrogens with zero attached hydrogens (tertiary/aromatic N) is 1. The van der Waals surface area contributed by atoms with Crippen LogP contribution in [0.15, 0.2) is 42.6 Å². The van der Waals surface area contributed by atoms with Gasteiger partial charge in [0.15, 0.2) is 0 Å². The van der Waals surface area contributed by atoms with Crippen LogP contribution in [0.5, 0.6) is 0 Å². The van der Waals surface area contributed by atoms with Crippen molar-refractivity contribution in [1.29, 1.82) is 0 Å². The number of sulfonamides is 1. The third-order valence-corrected chi connectivity index (χ3v) is 5.62. The molecule has 7 nitrogen and oxygen atoms in total. The highest BCUT2D eigenvalue weighted by molar-refractivity contribution is 7.89. The molecule has 1 heterocycles. The predicted octanol–water partition coefficient (Wildman–Crippen LogP) is 1.87. The van der Waals surface area contributed by atoms with Crippen molar-refractivity contribution >= 4 is 33.3 Å². The summed E-state index contributed by atoms with van der Waals surface area (Å²) in [5.74, 6) is -0.0706. The number of benzene rings is 1. The van der Waals surface area contributed by atoms with E-state index in [0.717, 1.165) is 11.1 Å². The SMILES string of the molecule is CCCS(=O)(=O)NC(Cc1ccc(Cl)cc1)C(=O)NCc1ccc(N)nc1. The Morgan fingerprint density at radius 2 is 1.85 bits per heavy atom. The zero-order valence-electron chi connectivity index (χ0n) is 15.0. The molecule has 1 amide bonds. The van der Waals surface area contributed by atoms with E-state index in [2.05, 4.69) is 15.0 Å².